The molecule has 0 saturated carbocycles. The Kier molecular flexibility index (Phi) is 3.90. The molecular weight excluding hydrogens is 243 g/mol. The van der Waals surface area contributed by atoms with Crippen LogP contribution in [0.2, 0.25) is 0 Å². The van der Waals surface area contributed by atoms with E-state index in [9.17, 15) is 9.18 Å². The largest absolute Gasteiger partial charge is 0.336 e. The molecule has 1 atom stereocenters. The Balaban J connectivity index is 2.07. The predicted octanol–water partition coefficient (Wildman–Crippen LogP) is 2.10. The Morgan fingerprint density at radius 2 is 2.05 bits per heavy atom. The summed E-state index contributed by atoms with van der Waals surface area (Å²) in [4.78, 5) is 14.3. The lowest BCUT2D eigenvalue weighted by atomic mass is 9.88. The molecular formula is C15H21FN2O. The highest BCUT2D eigenvalue weighted by Gasteiger charge is 2.35. The maximum absolute atomic E-state index is 12.8. The zero-order valence-corrected chi connectivity index (χ0v) is 11.5. The molecule has 1 heterocycles. The van der Waals surface area contributed by atoms with Crippen LogP contribution in [0.5, 0.6) is 0 Å². The van der Waals surface area contributed by atoms with E-state index >= 15 is 0 Å². The Hall–Kier alpha value is -1.42. The highest BCUT2D eigenvalue weighted by atomic mass is 19.1. The number of carbonyl (C=O) groups is 1. The number of likely N-dealkylation sites (tertiary alicyclic amines) is 1. The third kappa shape index (κ3) is 3.32. The van der Waals surface area contributed by atoms with Crippen LogP contribution in [-0.4, -0.2) is 28.9 Å². The fourth-order valence-corrected chi connectivity index (χ4v) is 2.56. The molecule has 1 fully saturated rings. The highest BCUT2D eigenvalue weighted by Crippen LogP contribution is 2.27. The zero-order valence-electron chi connectivity index (χ0n) is 11.5. The molecule has 0 radical (unpaired) electrons. The van der Waals surface area contributed by atoms with Crippen LogP contribution in [0.25, 0.3) is 0 Å². The number of hydrogen-bond donors (Lipinski definition) is 1. The van der Waals surface area contributed by atoms with Crippen LogP contribution in [0.15, 0.2) is 24.3 Å². The first-order chi connectivity index (χ1) is 8.88. The minimum Gasteiger partial charge on any atom is -0.336 e. The van der Waals surface area contributed by atoms with Crippen molar-refractivity contribution in [2.75, 3.05) is 6.54 Å². The lowest BCUT2D eigenvalue weighted by molar-refractivity contribution is -0.138. The Morgan fingerprint density at radius 1 is 1.42 bits per heavy atom. The first-order valence-corrected chi connectivity index (χ1v) is 6.69. The Bertz CT molecular complexity index is 456. The molecule has 1 aliphatic rings. The topological polar surface area (TPSA) is 46.3 Å². The summed E-state index contributed by atoms with van der Waals surface area (Å²) in [5, 5.41) is 0. The van der Waals surface area contributed by atoms with E-state index in [4.69, 9.17) is 5.73 Å². The van der Waals surface area contributed by atoms with Gasteiger partial charge >= 0.3 is 0 Å². The molecule has 2 rings (SSSR count). The van der Waals surface area contributed by atoms with Gasteiger partial charge in [-0.2, -0.15) is 0 Å². The summed E-state index contributed by atoms with van der Waals surface area (Å²) in [6.45, 7) is 4.75. The van der Waals surface area contributed by atoms with E-state index in [2.05, 4.69) is 13.8 Å². The van der Waals surface area contributed by atoms with E-state index in [-0.39, 0.29) is 23.3 Å². The standard InChI is InChI=1S/C15H21FN2O/c1-15(2)8-7-13(17)10-18(15)14(19)9-11-3-5-12(16)6-4-11/h3-6,13H,7-10,17H2,1-2H3. The summed E-state index contributed by atoms with van der Waals surface area (Å²) in [5.41, 5.74) is 6.64. The van der Waals surface area contributed by atoms with Crippen LogP contribution in [-0.2, 0) is 11.2 Å². The minimum absolute atomic E-state index is 0.0604. The van der Waals surface area contributed by atoms with E-state index in [1.54, 1.807) is 12.1 Å². The smallest absolute Gasteiger partial charge is 0.227 e. The fourth-order valence-electron chi connectivity index (χ4n) is 2.56. The van der Waals surface area contributed by atoms with Crippen LogP contribution in [0, 0.1) is 5.82 Å². The summed E-state index contributed by atoms with van der Waals surface area (Å²) >= 11 is 0. The van der Waals surface area contributed by atoms with Crippen molar-refractivity contribution in [3.8, 4) is 0 Å². The lowest BCUT2D eigenvalue weighted by Crippen LogP contribution is -2.57. The molecule has 19 heavy (non-hydrogen) atoms. The van der Waals surface area contributed by atoms with Crippen molar-refractivity contribution in [2.24, 2.45) is 5.73 Å². The summed E-state index contributed by atoms with van der Waals surface area (Å²) in [7, 11) is 0. The number of carbonyl (C=O) groups excluding carboxylic acids is 1. The van der Waals surface area contributed by atoms with E-state index < -0.39 is 0 Å². The number of piperidine rings is 1. The van der Waals surface area contributed by atoms with Gasteiger partial charge in [0.15, 0.2) is 0 Å². The van der Waals surface area contributed by atoms with Crippen LogP contribution >= 0.6 is 0 Å². The van der Waals surface area contributed by atoms with Crippen LogP contribution < -0.4 is 5.73 Å². The molecule has 0 aliphatic carbocycles. The van der Waals surface area contributed by atoms with Gasteiger partial charge in [-0.3, -0.25) is 4.79 Å². The number of benzene rings is 1. The molecule has 3 nitrogen and oxygen atoms in total. The third-order valence-electron chi connectivity index (χ3n) is 3.84. The fraction of sp³-hybridized carbons (Fsp3) is 0.533. The van der Waals surface area contributed by atoms with Crippen molar-refractivity contribution < 1.29 is 9.18 Å². The molecule has 2 N–H and O–H groups in total. The summed E-state index contributed by atoms with van der Waals surface area (Å²) in [6, 6.07) is 6.14. The van der Waals surface area contributed by atoms with Gasteiger partial charge in [0.2, 0.25) is 5.91 Å². The molecule has 1 aliphatic heterocycles. The van der Waals surface area contributed by atoms with Crippen molar-refractivity contribution in [2.45, 2.75) is 44.7 Å². The number of halogens is 1. The van der Waals surface area contributed by atoms with Gasteiger partial charge in [-0.25, -0.2) is 4.39 Å². The first kappa shape index (κ1) is 14.0. The molecule has 1 saturated heterocycles. The van der Waals surface area contributed by atoms with Crippen LogP contribution in [0.1, 0.15) is 32.3 Å². The van der Waals surface area contributed by atoms with E-state index in [0.29, 0.717) is 13.0 Å². The van der Waals surface area contributed by atoms with Gasteiger partial charge in [-0.05, 0) is 44.4 Å². The number of rotatable bonds is 2. The average Bonchev–Trinajstić information content (AvgIpc) is 2.35. The van der Waals surface area contributed by atoms with E-state index in [1.807, 2.05) is 4.90 Å². The second-order valence-electron chi connectivity index (χ2n) is 5.92. The van der Waals surface area contributed by atoms with E-state index in [0.717, 1.165) is 18.4 Å². The van der Waals surface area contributed by atoms with Gasteiger partial charge in [-0.15, -0.1) is 0 Å². The Labute approximate surface area is 113 Å². The quantitative estimate of drug-likeness (QED) is 0.889. The maximum atomic E-state index is 12.8. The molecule has 0 aromatic heterocycles. The third-order valence-corrected chi connectivity index (χ3v) is 3.84. The molecule has 104 valence electrons. The summed E-state index contributed by atoms with van der Waals surface area (Å²) in [5.74, 6) is -0.219. The second kappa shape index (κ2) is 5.29. The SMILES string of the molecule is CC1(C)CCC(N)CN1C(=O)Cc1ccc(F)cc1. The second-order valence-corrected chi connectivity index (χ2v) is 5.92. The van der Waals surface area contributed by atoms with Gasteiger partial charge in [-0.1, -0.05) is 12.1 Å². The summed E-state index contributed by atoms with van der Waals surface area (Å²) in [6.07, 6.45) is 2.17. The molecule has 4 heteroatoms. The molecule has 1 amide bonds. The molecule has 0 bridgehead atoms. The van der Waals surface area contributed by atoms with Crippen molar-refractivity contribution in [3.63, 3.8) is 0 Å². The average molecular weight is 264 g/mol. The van der Waals surface area contributed by atoms with Crippen LogP contribution in [0.3, 0.4) is 0 Å². The van der Waals surface area contributed by atoms with Gasteiger partial charge in [0.05, 0.1) is 6.42 Å². The van der Waals surface area contributed by atoms with Crippen LogP contribution in [0.4, 0.5) is 4.39 Å². The van der Waals surface area contributed by atoms with Gasteiger partial charge in [0, 0.05) is 18.1 Å². The Morgan fingerprint density at radius 3 is 2.68 bits per heavy atom. The zero-order chi connectivity index (χ0) is 14.0. The van der Waals surface area contributed by atoms with Crippen molar-refractivity contribution in [1.29, 1.82) is 0 Å². The number of nitrogens with two attached hydrogens (primary N) is 1. The van der Waals surface area contributed by atoms with Crippen molar-refractivity contribution in [3.05, 3.63) is 35.6 Å². The first-order valence-electron chi connectivity index (χ1n) is 6.69. The number of amides is 1. The van der Waals surface area contributed by atoms with Gasteiger partial charge < -0.3 is 10.6 Å². The van der Waals surface area contributed by atoms with E-state index in [1.165, 1.54) is 12.1 Å². The number of nitrogens with zero attached hydrogens (tertiary/aromatic N) is 1. The monoisotopic (exact) mass is 264 g/mol. The van der Waals surface area contributed by atoms with Crippen molar-refractivity contribution >= 4 is 5.91 Å². The lowest BCUT2D eigenvalue weighted by Gasteiger charge is -2.45. The maximum Gasteiger partial charge on any atom is 0.227 e. The molecule has 1 unspecified atom stereocenters. The highest BCUT2D eigenvalue weighted by molar-refractivity contribution is 5.79. The predicted molar refractivity (Wildman–Crippen MR) is 73.1 cm³/mol. The molecule has 1 aromatic carbocycles. The van der Waals surface area contributed by atoms with Crippen molar-refractivity contribution in [1.82, 2.24) is 4.90 Å². The normalized spacial score (nSPS) is 22.3. The van der Waals surface area contributed by atoms with Gasteiger partial charge in [0.1, 0.15) is 5.82 Å². The minimum atomic E-state index is -0.281. The molecule has 0 spiro atoms. The summed E-state index contributed by atoms with van der Waals surface area (Å²) < 4.78 is 12.8. The number of hydrogen-bond acceptors (Lipinski definition) is 2. The van der Waals surface area contributed by atoms with Gasteiger partial charge in [0.25, 0.3) is 0 Å². The molecule has 1 aromatic rings.